The van der Waals surface area contributed by atoms with Crippen molar-refractivity contribution in [2.45, 2.75) is 26.1 Å². The Morgan fingerprint density at radius 2 is 1.84 bits per heavy atom. The topological polar surface area (TPSA) is 26.0 Å². The van der Waals surface area contributed by atoms with Gasteiger partial charge in [-0.15, -0.1) is 11.3 Å². The maximum atomic E-state index is 12.9. The van der Waals surface area contributed by atoms with Crippen LogP contribution >= 0.6 is 11.3 Å². The van der Waals surface area contributed by atoms with Crippen LogP contribution < -0.4 is 5.73 Å². The Kier molecular flexibility index (Phi) is 3.69. The second kappa shape index (κ2) is 4.98. The molecule has 1 nitrogen and oxygen atoms in total. The van der Waals surface area contributed by atoms with Gasteiger partial charge in [0.1, 0.15) is 0 Å². The number of alkyl halides is 3. The van der Waals surface area contributed by atoms with Gasteiger partial charge in [-0.25, -0.2) is 0 Å². The van der Waals surface area contributed by atoms with E-state index in [2.05, 4.69) is 0 Å². The quantitative estimate of drug-likeness (QED) is 0.845. The fraction of sp³-hybridized carbons (Fsp3) is 0.286. The summed E-state index contributed by atoms with van der Waals surface area (Å²) in [7, 11) is 0. The molecule has 19 heavy (non-hydrogen) atoms. The number of nitrogens with two attached hydrogens (primary N) is 1. The van der Waals surface area contributed by atoms with Crippen LogP contribution in [0.3, 0.4) is 0 Å². The van der Waals surface area contributed by atoms with Crippen LogP contribution in [0.4, 0.5) is 13.2 Å². The molecule has 0 bridgehead atoms. The highest BCUT2D eigenvalue weighted by molar-refractivity contribution is 7.15. The van der Waals surface area contributed by atoms with E-state index in [4.69, 9.17) is 5.73 Å². The molecule has 0 saturated carbocycles. The summed E-state index contributed by atoms with van der Waals surface area (Å²) in [5, 5.41) is 0. The molecule has 0 radical (unpaired) electrons. The van der Waals surface area contributed by atoms with Crippen molar-refractivity contribution in [2.24, 2.45) is 5.73 Å². The van der Waals surface area contributed by atoms with Crippen LogP contribution in [-0.2, 0) is 6.18 Å². The zero-order valence-electron chi connectivity index (χ0n) is 10.6. The summed E-state index contributed by atoms with van der Waals surface area (Å²) in [5.74, 6) is 0. The van der Waals surface area contributed by atoms with Gasteiger partial charge in [-0.1, -0.05) is 12.1 Å². The first-order valence-corrected chi connectivity index (χ1v) is 6.64. The summed E-state index contributed by atoms with van der Waals surface area (Å²) in [5.41, 5.74) is 5.99. The van der Waals surface area contributed by atoms with Crippen LogP contribution in [0.5, 0.6) is 0 Å². The number of aryl methyl sites for hydroxylation is 1. The molecule has 102 valence electrons. The largest absolute Gasteiger partial charge is 0.416 e. The molecular weight excluding hydrogens is 271 g/mol. The number of thiophene rings is 1. The molecule has 1 unspecified atom stereocenters. The Balaban J connectivity index is 2.45. The highest BCUT2D eigenvalue weighted by Gasteiger charge is 2.32. The summed E-state index contributed by atoms with van der Waals surface area (Å²) in [6.45, 7) is 3.32. The van der Waals surface area contributed by atoms with Gasteiger partial charge in [0.05, 0.1) is 5.56 Å². The van der Waals surface area contributed by atoms with Crippen LogP contribution in [0.1, 0.15) is 29.0 Å². The van der Waals surface area contributed by atoms with Crippen molar-refractivity contribution >= 4 is 11.3 Å². The van der Waals surface area contributed by atoms with Crippen molar-refractivity contribution < 1.29 is 13.2 Å². The summed E-state index contributed by atoms with van der Waals surface area (Å²) in [4.78, 5) is 1.77. The first-order chi connectivity index (χ1) is 8.79. The minimum atomic E-state index is -4.32. The highest BCUT2D eigenvalue weighted by atomic mass is 32.1. The zero-order valence-corrected chi connectivity index (χ0v) is 11.4. The number of rotatable bonds is 2. The third-order valence-electron chi connectivity index (χ3n) is 2.90. The lowest BCUT2D eigenvalue weighted by Crippen LogP contribution is -2.07. The molecule has 0 aliphatic heterocycles. The normalized spacial score (nSPS) is 13.6. The van der Waals surface area contributed by atoms with E-state index >= 15 is 0 Å². The lowest BCUT2D eigenvalue weighted by molar-refractivity contribution is -0.138. The smallest absolute Gasteiger partial charge is 0.324 e. The van der Waals surface area contributed by atoms with Gasteiger partial charge in [-0.2, -0.15) is 13.2 Å². The van der Waals surface area contributed by atoms with Crippen LogP contribution in [-0.4, -0.2) is 0 Å². The zero-order chi connectivity index (χ0) is 14.2. The van der Waals surface area contributed by atoms with Gasteiger partial charge in [0.15, 0.2) is 0 Å². The molecule has 5 heteroatoms. The Morgan fingerprint density at radius 3 is 2.37 bits per heavy atom. The van der Waals surface area contributed by atoms with Crippen LogP contribution in [0.15, 0.2) is 30.3 Å². The first kappa shape index (κ1) is 14.1. The predicted molar refractivity (Wildman–Crippen MR) is 72.1 cm³/mol. The molecule has 0 aliphatic carbocycles. The van der Waals surface area contributed by atoms with E-state index in [0.29, 0.717) is 5.56 Å². The fourth-order valence-electron chi connectivity index (χ4n) is 1.83. The fourth-order valence-corrected chi connectivity index (χ4v) is 2.79. The van der Waals surface area contributed by atoms with E-state index in [1.165, 1.54) is 30.4 Å². The van der Waals surface area contributed by atoms with Crippen molar-refractivity contribution in [2.75, 3.05) is 0 Å². The first-order valence-electron chi connectivity index (χ1n) is 5.82. The van der Waals surface area contributed by atoms with E-state index < -0.39 is 11.7 Å². The van der Waals surface area contributed by atoms with Crippen LogP contribution in [0, 0.1) is 6.92 Å². The maximum absolute atomic E-state index is 12.9. The standard InChI is InChI=1S/C14H14F3NS/c1-8-3-4-10(7-11(8)14(15,16)17)13-6-5-12(19-13)9(2)18/h3-7,9H,18H2,1-2H3. The third-order valence-corrected chi connectivity index (χ3v) is 4.24. The molecular formula is C14H14F3NS. The Morgan fingerprint density at radius 1 is 1.16 bits per heavy atom. The predicted octanol–water partition coefficient (Wildman–Crippen LogP) is 4.76. The van der Waals surface area contributed by atoms with Crippen LogP contribution in [0.25, 0.3) is 10.4 Å². The molecule has 0 aliphatic rings. The molecule has 2 N–H and O–H groups in total. The molecule has 0 spiro atoms. The van der Waals surface area contributed by atoms with Gasteiger partial charge in [-0.05, 0) is 43.2 Å². The molecule has 2 aromatic rings. The van der Waals surface area contributed by atoms with E-state index in [1.807, 2.05) is 19.1 Å². The van der Waals surface area contributed by atoms with Gasteiger partial charge in [0.2, 0.25) is 0 Å². The van der Waals surface area contributed by atoms with Gasteiger partial charge in [0.25, 0.3) is 0 Å². The SMILES string of the molecule is Cc1ccc(-c2ccc(C(C)N)s2)cc1C(F)(F)F. The molecule has 1 aromatic carbocycles. The molecule has 2 rings (SSSR count). The molecule has 1 atom stereocenters. The van der Waals surface area contributed by atoms with E-state index in [1.54, 1.807) is 6.07 Å². The monoisotopic (exact) mass is 285 g/mol. The minimum Gasteiger partial charge on any atom is -0.324 e. The van der Waals surface area contributed by atoms with E-state index in [-0.39, 0.29) is 11.6 Å². The second-order valence-corrected chi connectivity index (χ2v) is 5.63. The maximum Gasteiger partial charge on any atom is 0.416 e. The number of benzene rings is 1. The summed E-state index contributed by atoms with van der Waals surface area (Å²) >= 11 is 1.43. The van der Waals surface area contributed by atoms with Crippen molar-refractivity contribution in [3.8, 4) is 10.4 Å². The van der Waals surface area contributed by atoms with E-state index in [0.717, 1.165) is 9.75 Å². The van der Waals surface area contributed by atoms with Gasteiger partial charge < -0.3 is 5.73 Å². The second-order valence-electron chi connectivity index (χ2n) is 4.52. The van der Waals surface area contributed by atoms with Gasteiger partial charge in [0, 0.05) is 15.8 Å². The number of hydrogen-bond donors (Lipinski definition) is 1. The lowest BCUT2D eigenvalue weighted by atomic mass is 10.0. The highest BCUT2D eigenvalue weighted by Crippen LogP contribution is 2.37. The summed E-state index contributed by atoms with van der Waals surface area (Å²) in [6.07, 6.45) is -4.32. The molecule has 1 aromatic heterocycles. The molecule has 1 heterocycles. The summed E-state index contributed by atoms with van der Waals surface area (Å²) < 4.78 is 38.6. The third kappa shape index (κ3) is 2.98. The Hall–Kier alpha value is -1.33. The average Bonchev–Trinajstić information content (AvgIpc) is 2.77. The minimum absolute atomic E-state index is 0.105. The van der Waals surface area contributed by atoms with Crippen molar-refractivity contribution in [1.29, 1.82) is 0 Å². The van der Waals surface area contributed by atoms with Crippen molar-refractivity contribution in [3.05, 3.63) is 46.3 Å². The lowest BCUT2D eigenvalue weighted by Gasteiger charge is -2.11. The Bertz CT molecular complexity index is 585. The molecule has 0 amide bonds. The van der Waals surface area contributed by atoms with Crippen molar-refractivity contribution in [3.63, 3.8) is 0 Å². The average molecular weight is 285 g/mol. The molecule has 0 saturated heterocycles. The number of hydrogen-bond acceptors (Lipinski definition) is 2. The van der Waals surface area contributed by atoms with Gasteiger partial charge in [-0.3, -0.25) is 0 Å². The number of halogens is 3. The van der Waals surface area contributed by atoms with Gasteiger partial charge >= 0.3 is 6.18 Å². The Labute approximate surface area is 113 Å². The summed E-state index contributed by atoms with van der Waals surface area (Å²) in [6, 6.07) is 7.98. The van der Waals surface area contributed by atoms with Crippen molar-refractivity contribution in [1.82, 2.24) is 0 Å². The van der Waals surface area contributed by atoms with Crippen LogP contribution in [0.2, 0.25) is 0 Å². The van der Waals surface area contributed by atoms with E-state index in [9.17, 15) is 13.2 Å². The molecule has 0 fully saturated rings.